The Balaban J connectivity index is 2.14. The van der Waals surface area contributed by atoms with Gasteiger partial charge in [0.25, 0.3) is 0 Å². The van der Waals surface area contributed by atoms with Gasteiger partial charge in [0.1, 0.15) is 18.1 Å². The Kier molecular flexibility index (Phi) is 1.77. The highest BCUT2D eigenvalue weighted by atomic mass is 16.3. The Bertz CT molecular complexity index is 365. The molecular formula is C8H10N4O. The van der Waals surface area contributed by atoms with Crippen molar-refractivity contribution in [1.82, 2.24) is 15.0 Å². The molecule has 13 heavy (non-hydrogen) atoms. The molecule has 0 fully saturated rings. The van der Waals surface area contributed by atoms with Crippen molar-refractivity contribution in [3.8, 4) is 0 Å². The van der Waals surface area contributed by atoms with Crippen LogP contribution in [0.15, 0.2) is 22.7 Å². The molecule has 0 saturated carbocycles. The summed E-state index contributed by atoms with van der Waals surface area (Å²) in [5, 5.41) is 7.47. The number of furan rings is 1. The number of aryl methyl sites for hydroxylation is 1. The number of rotatable bonds is 2. The standard InChI is InChI=1S/C8H10N4O/c1-6-2-3-7(13-6)4-12-5-8(9)10-11-12/h2-3,5H,4,9H2,1H3. The molecule has 0 spiro atoms. The van der Waals surface area contributed by atoms with Gasteiger partial charge >= 0.3 is 0 Å². The van der Waals surface area contributed by atoms with Crippen LogP contribution in [0, 0.1) is 6.92 Å². The van der Waals surface area contributed by atoms with Crippen LogP contribution in [0.4, 0.5) is 5.82 Å². The molecule has 2 rings (SSSR count). The van der Waals surface area contributed by atoms with Crippen molar-refractivity contribution >= 4 is 5.82 Å². The van der Waals surface area contributed by atoms with Gasteiger partial charge < -0.3 is 10.2 Å². The summed E-state index contributed by atoms with van der Waals surface area (Å²) in [5.41, 5.74) is 5.41. The average Bonchev–Trinajstić information content (AvgIpc) is 2.62. The summed E-state index contributed by atoms with van der Waals surface area (Å²) in [4.78, 5) is 0. The second-order valence-corrected chi connectivity index (χ2v) is 2.85. The lowest BCUT2D eigenvalue weighted by molar-refractivity contribution is 0.455. The molecule has 0 aromatic carbocycles. The minimum absolute atomic E-state index is 0.420. The van der Waals surface area contributed by atoms with E-state index in [4.69, 9.17) is 10.2 Å². The molecule has 0 atom stereocenters. The van der Waals surface area contributed by atoms with Gasteiger partial charge in [-0.25, -0.2) is 4.68 Å². The summed E-state index contributed by atoms with van der Waals surface area (Å²) in [5.74, 6) is 2.16. The van der Waals surface area contributed by atoms with Crippen molar-refractivity contribution in [3.63, 3.8) is 0 Å². The number of nitrogens with two attached hydrogens (primary N) is 1. The van der Waals surface area contributed by atoms with Crippen molar-refractivity contribution in [1.29, 1.82) is 0 Å². The number of nitrogen functional groups attached to an aromatic ring is 1. The van der Waals surface area contributed by atoms with Crippen molar-refractivity contribution in [3.05, 3.63) is 29.9 Å². The van der Waals surface area contributed by atoms with Gasteiger partial charge in [0, 0.05) is 0 Å². The van der Waals surface area contributed by atoms with Crippen LogP contribution in [0.1, 0.15) is 11.5 Å². The van der Waals surface area contributed by atoms with Crippen molar-refractivity contribution < 1.29 is 4.42 Å². The Morgan fingerprint density at radius 1 is 1.54 bits per heavy atom. The van der Waals surface area contributed by atoms with Crippen LogP contribution in [0.5, 0.6) is 0 Å². The molecule has 0 radical (unpaired) electrons. The van der Waals surface area contributed by atoms with E-state index in [9.17, 15) is 0 Å². The average molecular weight is 178 g/mol. The maximum absolute atomic E-state index is 5.41. The Labute approximate surface area is 75.1 Å². The van der Waals surface area contributed by atoms with Crippen molar-refractivity contribution in [2.45, 2.75) is 13.5 Å². The molecule has 2 heterocycles. The van der Waals surface area contributed by atoms with Crippen LogP contribution in [0.25, 0.3) is 0 Å². The lowest BCUT2D eigenvalue weighted by Gasteiger charge is -1.94. The van der Waals surface area contributed by atoms with E-state index < -0.39 is 0 Å². The minimum atomic E-state index is 0.420. The molecule has 5 heteroatoms. The van der Waals surface area contributed by atoms with E-state index in [0.29, 0.717) is 12.4 Å². The molecule has 0 aliphatic carbocycles. The Morgan fingerprint density at radius 3 is 2.92 bits per heavy atom. The SMILES string of the molecule is Cc1ccc(Cn2cc(N)nn2)o1. The summed E-state index contributed by atoms with van der Waals surface area (Å²) >= 11 is 0. The van der Waals surface area contributed by atoms with Gasteiger partial charge in [-0.3, -0.25) is 0 Å². The first-order valence-electron chi connectivity index (χ1n) is 3.95. The first-order valence-corrected chi connectivity index (χ1v) is 3.95. The minimum Gasteiger partial charge on any atom is -0.464 e. The van der Waals surface area contributed by atoms with Crippen LogP contribution in [-0.4, -0.2) is 15.0 Å². The van der Waals surface area contributed by atoms with Gasteiger partial charge in [0.05, 0.1) is 6.20 Å². The van der Waals surface area contributed by atoms with E-state index in [2.05, 4.69) is 10.3 Å². The summed E-state index contributed by atoms with van der Waals surface area (Å²) in [6, 6.07) is 3.82. The fraction of sp³-hybridized carbons (Fsp3) is 0.250. The molecule has 0 aliphatic heterocycles. The summed E-state index contributed by atoms with van der Waals surface area (Å²) in [7, 11) is 0. The Morgan fingerprint density at radius 2 is 2.38 bits per heavy atom. The number of anilines is 1. The molecule has 0 bridgehead atoms. The third-order valence-electron chi connectivity index (χ3n) is 1.67. The Hall–Kier alpha value is -1.78. The number of nitrogens with zero attached hydrogens (tertiary/aromatic N) is 3. The van der Waals surface area contributed by atoms with Crippen molar-refractivity contribution in [2.75, 3.05) is 5.73 Å². The van der Waals surface area contributed by atoms with Crippen LogP contribution >= 0.6 is 0 Å². The van der Waals surface area contributed by atoms with Gasteiger partial charge in [-0.05, 0) is 19.1 Å². The molecule has 0 aliphatic rings. The molecular weight excluding hydrogens is 168 g/mol. The number of aromatic nitrogens is 3. The first-order chi connectivity index (χ1) is 6.24. The molecule has 2 N–H and O–H groups in total. The molecule has 2 aromatic rings. The van der Waals surface area contributed by atoms with Crippen LogP contribution in [-0.2, 0) is 6.54 Å². The van der Waals surface area contributed by atoms with Gasteiger partial charge in [-0.15, -0.1) is 5.10 Å². The molecule has 5 nitrogen and oxygen atoms in total. The van der Waals surface area contributed by atoms with E-state index >= 15 is 0 Å². The largest absolute Gasteiger partial charge is 0.464 e. The molecule has 0 amide bonds. The lowest BCUT2D eigenvalue weighted by atomic mass is 10.4. The number of hydrogen-bond acceptors (Lipinski definition) is 4. The lowest BCUT2D eigenvalue weighted by Crippen LogP contribution is -1.98. The van der Waals surface area contributed by atoms with Crippen molar-refractivity contribution in [2.24, 2.45) is 0 Å². The first kappa shape index (κ1) is 7.85. The molecule has 68 valence electrons. The zero-order valence-electron chi connectivity index (χ0n) is 7.27. The number of hydrogen-bond donors (Lipinski definition) is 1. The van der Waals surface area contributed by atoms with Gasteiger partial charge in [0.2, 0.25) is 0 Å². The zero-order valence-corrected chi connectivity index (χ0v) is 7.27. The summed E-state index contributed by atoms with van der Waals surface area (Å²) in [6.07, 6.45) is 1.66. The molecule has 0 saturated heterocycles. The second-order valence-electron chi connectivity index (χ2n) is 2.85. The zero-order chi connectivity index (χ0) is 9.26. The molecule has 0 unspecified atom stereocenters. The topological polar surface area (TPSA) is 69.9 Å². The van der Waals surface area contributed by atoms with E-state index in [0.717, 1.165) is 11.5 Å². The van der Waals surface area contributed by atoms with Gasteiger partial charge in [0.15, 0.2) is 5.82 Å². The maximum Gasteiger partial charge on any atom is 0.165 e. The smallest absolute Gasteiger partial charge is 0.165 e. The van der Waals surface area contributed by atoms with E-state index in [1.54, 1.807) is 10.9 Å². The molecule has 2 aromatic heterocycles. The highest BCUT2D eigenvalue weighted by Crippen LogP contribution is 2.07. The summed E-state index contributed by atoms with van der Waals surface area (Å²) in [6.45, 7) is 2.47. The monoisotopic (exact) mass is 178 g/mol. The third-order valence-corrected chi connectivity index (χ3v) is 1.67. The van der Waals surface area contributed by atoms with Gasteiger partial charge in [-0.2, -0.15) is 0 Å². The van der Waals surface area contributed by atoms with Crippen LogP contribution in [0.3, 0.4) is 0 Å². The third kappa shape index (κ3) is 1.69. The van der Waals surface area contributed by atoms with E-state index in [1.165, 1.54) is 0 Å². The normalized spacial score (nSPS) is 10.5. The highest BCUT2D eigenvalue weighted by molar-refractivity contribution is 5.20. The second kappa shape index (κ2) is 2.93. The van der Waals surface area contributed by atoms with E-state index in [1.807, 2.05) is 19.1 Å². The summed E-state index contributed by atoms with van der Waals surface area (Å²) < 4.78 is 7.00. The van der Waals surface area contributed by atoms with Crippen LogP contribution in [0.2, 0.25) is 0 Å². The fourth-order valence-electron chi connectivity index (χ4n) is 1.12. The quantitative estimate of drug-likeness (QED) is 0.738. The highest BCUT2D eigenvalue weighted by Gasteiger charge is 2.01. The maximum atomic E-state index is 5.41. The predicted octanol–water partition coefficient (Wildman–Crippen LogP) is 0.810. The fourth-order valence-corrected chi connectivity index (χ4v) is 1.12. The van der Waals surface area contributed by atoms with Gasteiger partial charge in [-0.1, -0.05) is 5.21 Å². The predicted molar refractivity (Wildman–Crippen MR) is 47.0 cm³/mol. The van der Waals surface area contributed by atoms with E-state index in [-0.39, 0.29) is 0 Å². The van der Waals surface area contributed by atoms with Crippen LogP contribution < -0.4 is 5.73 Å².